The predicted octanol–water partition coefficient (Wildman–Crippen LogP) is 3.19. The van der Waals surface area contributed by atoms with E-state index in [1.165, 1.54) is 12.1 Å². The van der Waals surface area contributed by atoms with Gasteiger partial charge < -0.3 is 20.3 Å². The summed E-state index contributed by atoms with van der Waals surface area (Å²) in [6, 6.07) is 13.0. The molecule has 0 aliphatic heterocycles. The summed E-state index contributed by atoms with van der Waals surface area (Å²) >= 11 is 0. The number of amides is 2. The molecule has 0 radical (unpaired) electrons. The van der Waals surface area contributed by atoms with Gasteiger partial charge in [0.15, 0.2) is 0 Å². The summed E-state index contributed by atoms with van der Waals surface area (Å²) in [5, 5.41) is 5.21. The molecule has 2 amide bonds. The third kappa shape index (κ3) is 7.48. The zero-order chi connectivity index (χ0) is 22.1. The molecule has 0 heterocycles. The second-order valence-electron chi connectivity index (χ2n) is 8.06. The maximum atomic E-state index is 13.1. The number of nitrogens with zero attached hydrogens (tertiary/aromatic N) is 1. The third-order valence-electron chi connectivity index (χ3n) is 4.65. The van der Waals surface area contributed by atoms with Crippen LogP contribution < -0.4 is 15.4 Å². The number of rotatable bonds is 9. The summed E-state index contributed by atoms with van der Waals surface area (Å²) in [4.78, 5) is 26.4. The molecule has 2 aromatic carbocycles. The van der Waals surface area contributed by atoms with Crippen LogP contribution in [-0.2, 0) is 15.0 Å². The van der Waals surface area contributed by atoms with E-state index in [1.807, 2.05) is 27.9 Å². The lowest BCUT2D eigenvalue weighted by Gasteiger charge is -2.25. The summed E-state index contributed by atoms with van der Waals surface area (Å²) < 4.78 is 18.7. The maximum Gasteiger partial charge on any atom is 0.313 e. The average Bonchev–Trinajstić information content (AvgIpc) is 2.70. The van der Waals surface area contributed by atoms with Gasteiger partial charge in [-0.3, -0.25) is 9.59 Å². The zero-order valence-electron chi connectivity index (χ0n) is 18.0. The van der Waals surface area contributed by atoms with Gasteiger partial charge in [0.1, 0.15) is 11.6 Å². The van der Waals surface area contributed by atoms with E-state index in [1.54, 1.807) is 36.4 Å². The van der Waals surface area contributed by atoms with Gasteiger partial charge in [0, 0.05) is 24.2 Å². The molecule has 2 N–H and O–H groups in total. The highest BCUT2D eigenvalue weighted by Gasteiger charge is 2.23. The van der Waals surface area contributed by atoms with Crippen LogP contribution >= 0.6 is 0 Å². The first-order chi connectivity index (χ1) is 14.2. The van der Waals surface area contributed by atoms with Crippen LogP contribution in [0.5, 0.6) is 5.75 Å². The molecule has 0 spiro atoms. The SMILES string of the molecule is CN(C)CCCOc1ccc(NC(=O)C(=O)NCC(C)(C)c2ccc(F)cc2)cc1. The standard InChI is InChI=1S/C23H30FN3O3/c1-23(2,17-6-8-18(24)9-7-17)16-25-21(28)22(29)26-19-10-12-20(13-11-19)30-15-5-14-27(3)4/h6-13H,5,14-16H2,1-4H3,(H,25,28)(H,26,29). The van der Waals surface area contributed by atoms with Gasteiger partial charge in [-0.2, -0.15) is 0 Å². The lowest BCUT2D eigenvalue weighted by atomic mass is 9.84. The minimum Gasteiger partial charge on any atom is -0.494 e. The van der Waals surface area contributed by atoms with Gasteiger partial charge in [-0.05, 0) is 62.5 Å². The Labute approximate surface area is 177 Å². The second kappa shape index (κ2) is 10.7. The van der Waals surface area contributed by atoms with Crippen LogP contribution in [0.2, 0.25) is 0 Å². The number of benzene rings is 2. The van der Waals surface area contributed by atoms with E-state index in [9.17, 15) is 14.0 Å². The molecule has 0 saturated carbocycles. The molecule has 0 aliphatic carbocycles. The topological polar surface area (TPSA) is 70.7 Å². The van der Waals surface area contributed by atoms with Crippen LogP contribution in [0.4, 0.5) is 10.1 Å². The van der Waals surface area contributed by atoms with Crippen molar-refractivity contribution in [2.45, 2.75) is 25.7 Å². The number of nitrogens with one attached hydrogen (secondary N) is 2. The Morgan fingerprint density at radius 3 is 2.23 bits per heavy atom. The fraction of sp³-hybridized carbons (Fsp3) is 0.391. The Morgan fingerprint density at radius 1 is 1.00 bits per heavy atom. The summed E-state index contributed by atoms with van der Waals surface area (Å²) in [7, 11) is 4.02. The van der Waals surface area contributed by atoms with Crippen LogP contribution in [0.3, 0.4) is 0 Å². The number of carbonyl (C=O) groups is 2. The van der Waals surface area contributed by atoms with Crippen LogP contribution in [0.1, 0.15) is 25.8 Å². The van der Waals surface area contributed by atoms with Crippen molar-refractivity contribution in [3.8, 4) is 5.75 Å². The fourth-order valence-electron chi connectivity index (χ4n) is 2.78. The Bertz CT molecular complexity index is 834. The molecule has 0 bridgehead atoms. The van der Waals surface area contributed by atoms with Crippen molar-refractivity contribution in [2.75, 3.05) is 39.1 Å². The molecule has 2 rings (SSSR count). The summed E-state index contributed by atoms with van der Waals surface area (Å²) in [5.74, 6) is -1.08. The van der Waals surface area contributed by atoms with Gasteiger partial charge in [0.05, 0.1) is 6.61 Å². The molecule has 0 aromatic heterocycles. The minimum absolute atomic E-state index is 0.241. The van der Waals surface area contributed by atoms with Gasteiger partial charge in [0.25, 0.3) is 0 Å². The van der Waals surface area contributed by atoms with E-state index in [0.717, 1.165) is 18.5 Å². The van der Waals surface area contributed by atoms with Crippen molar-refractivity contribution in [3.05, 3.63) is 59.9 Å². The molecule has 6 nitrogen and oxygen atoms in total. The highest BCUT2D eigenvalue weighted by atomic mass is 19.1. The molecule has 0 fully saturated rings. The van der Waals surface area contributed by atoms with Gasteiger partial charge in [-0.25, -0.2) is 4.39 Å². The summed E-state index contributed by atoms with van der Waals surface area (Å²) in [5.41, 5.74) is 0.925. The van der Waals surface area contributed by atoms with Gasteiger partial charge in [0.2, 0.25) is 0 Å². The quantitative estimate of drug-likeness (QED) is 0.488. The first kappa shape index (κ1) is 23.3. The highest BCUT2D eigenvalue weighted by molar-refractivity contribution is 6.39. The number of carbonyl (C=O) groups excluding carboxylic acids is 2. The normalized spacial score (nSPS) is 11.3. The first-order valence-electron chi connectivity index (χ1n) is 9.90. The molecular weight excluding hydrogens is 385 g/mol. The molecular formula is C23H30FN3O3. The molecule has 0 aliphatic rings. The van der Waals surface area contributed by atoms with Crippen LogP contribution in [0, 0.1) is 5.82 Å². The van der Waals surface area contributed by atoms with Crippen molar-refractivity contribution in [2.24, 2.45) is 0 Å². The monoisotopic (exact) mass is 415 g/mol. The van der Waals surface area contributed by atoms with Crippen molar-refractivity contribution < 1.29 is 18.7 Å². The van der Waals surface area contributed by atoms with E-state index in [4.69, 9.17) is 4.74 Å². The van der Waals surface area contributed by atoms with Gasteiger partial charge in [-0.15, -0.1) is 0 Å². The summed E-state index contributed by atoms with van der Waals surface area (Å²) in [6.07, 6.45) is 0.917. The number of hydrogen-bond donors (Lipinski definition) is 2. The Hall–Kier alpha value is -2.93. The molecule has 30 heavy (non-hydrogen) atoms. The Balaban J connectivity index is 1.80. The van der Waals surface area contributed by atoms with Crippen molar-refractivity contribution in [3.63, 3.8) is 0 Å². The number of anilines is 1. The van der Waals surface area contributed by atoms with Gasteiger partial charge >= 0.3 is 11.8 Å². The maximum absolute atomic E-state index is 13.1. The molecule has 2 aromatic rings. The third-order valence-corrected chi connectivity index (χ3v) is 4.65. The predicted molar refractivity (Wildman–Crippen MR) is 116 cm³/mol. The molecule has 0 saturated heterocycles. The van der Waals surface area contributed by atoms with Gasteiger partial charge in [-0.1, -0.05) is 26.0 Å². The number of hydrogen-bond acceptors (Lipinski definition) is 4. The van der Waals surface area contributed by atoms with E-state index in [-0.39, 0.29) is 12.4 Å². The lowest BCUT2D eigenvalue weighted by molar-refractivity contribution is -0.136. The van der Waals surface area contributed by atoms with Crippen molar-refractivity contribution in [1.29, 1.82) is 0 Å². The molecule has 162 valence electrons. The van der Waals surface area contributed by atoms with E-state index >= 15 is 0 Å². The Kier molecular flexibility index (Phi) is 8.35. The van der Waals surface area contributed by atoms with Crippen LogP contribution in [-0.4, -0.2) is 50.5 Å². The Morgan fingerprint density at radius 2 is 1.63 bits per heavy atom. The van der Waals surface area contributed by atoms with E-state index in [0.29, 0.717) is 18.0 Å². The second-order valence-corrected chi connectivity index (χ2v) is 8.06. The molecule has 7 heteroatoms. The lowest BCUT2D eigenvalue weighted by Crippen LogP contribution is -2.42. The molecule has 0 atom stereocenters. The smallest absolute Gasteiger partial charge is 0.313 e. The zero-order valence-corrected chi connectivity index (χ0v) is 18.0. The number of halogens is 1. The van der Waals surface area contributed by atoms with Crippen LogP contribution in [0.25, 0.3) is 0 Å². The molecule has 0 unspecified atom stereocenters. The summed E-state index contributed by atoms with van der Waals surface area (Å²) in [6.45, 7) is 5.62. The van der Waals surface area contributed by atoms with Crippen LogP contribution in [0.15, 0.2) is 48.5 Å². The van der Waals surface area contributed by atoms with E-state index < -0.39 is 17.2 Å². The van der Waals surface area contributed by atoms with Crippen molar-refractivity contribution in [1.82, 2.24) is 10.2 Å². The van der Waals surface area contributed by atoms with E-state index in [2.05, 4.69) is 15.5 Å². The first-order valence-corrected chi connectivity index (χ1v) is 9.90. The fourth-order valence-corrected chi connectivity index (χ4v) is 2.78. The number of ether oxygens (including phenoxy) is 1. The largest absolute Gasteiger partial charge is 0.494 e. The highest BCUT2D eigenvalue weighted by Crippen LogP contribution is 2.22. The minimum atomic E-state index is -0.746. The van der Waals surface area contributed by atoms with Crippen molar-refractivity contribution >= 4 is 17.5 Å². The average molecular weight is 416 g/mol.